The number of rotatable bonds is 6. The maximum absolute atomic E-state index is 12.9. The van der Waals surface area contributed by atoms with Crippen LogP contribution < -0.4 is 5.32 Å². The maximum Gasteiger partial charge on any atom is 0.245 e. The van der Waals surface area contributed by atoms with Crippen LogP contribution in [0.1, 0.15) is 65.3 Å². The summed E-state index contributed by atoms with van der Waals surface area (Å²) in [5.74, 6) is 0.190. The van der Waals surface area contributed by atoms with E-state index in [2.05, 4.69) is 46.0 Å². The molecule has 0 unspecified atom stereocenters. The van der Waals surface area contributed by atoms with Crippen LogP contribution in [0.2, 0.25) is 0 Å². The van der Waals surface area contributed by atoms with E-state index in [-0.39, 0.29) is 35.7 Å². The molecule has 0 saturated heterocycles. The number of anilines is 1. The molecule has 0 aliphatic heterocycles. The zero-order chi connectivity index (χ0) is 22.8. The Morgan fingerprint density at radius 3 is 2.30 bits per heavy atom. The molecule has 0 fully saturated rings. The Kier molecular flexibility index (Phi) is 7.11. The second kappa shape index (κ2) is 9.02. The Bertz CT molecular complexity index is 920. The fourth-order valence-corrected chi connectivity index (χ4v) is 3.17. The number of hydrogen-bond donors (Lipinski definition) is 1. The number of benzene rings is 1. The Balaban J connectivity index is 2.41. The van der Waals surface area contributed by atoms with Gasteiger partial charge in [-0.2, -0.15) is 5.10 Å². The van der Waals surface area contributed by atoms with Gasteiger partial charge in [-0.15, -0.1) is 0 Å². The van der Waals surface area contributed by atoms with Crippen LogP contribution in [0.15, 0.2) is 24.3 Å². The van der Waals surface area contributed by atoms with Gasteiger partial charge in [0, 0.05) is 23.4 Å². The van der Waals surface area contributed by atoms with Crippen molar-refractivity contribution in [2.24, 2.45) is 5.92 Å². The van der Waals surface area contributed by atoms with Crippen molar-refractivity contribution >= 4 is 17.6 Å². The lowest BCUT2D eigenvalue weighted by Gasteiger charge is -2.27. The number of hydrogen-bond acceptors (Lipinski definition) is 3. The summed E-state index contributed by atoms with van der Waals surface area (Å²) in [5.41, 5.74) is 3.92. The SMILES string of the molecule is Cc1cccc(-n2nc(C(C)(C)C)cc2NC(=O)CN(C(=O)C(C)C)C(C)C)c1C. The molecule has 6 heteroatoms. The van der Waals surface area contributed by atoms with Crippen LogP contribution in [-0.2, 0) is 15.0 Å². The molecule has 164 valence electrons. The Labute approximate surface area is 180 Å². The second-order valence-electron chi connectivity index (χ2n) is 9.56. The fourth-order valence-electron chi connectivity index (χ4n) is 3.17. The molecule has 6 nitrogen and oxygen atoms in total. The topological polar surface area (TPSA) is 67.2 Å². The van der Waals surface area contributed by atoms with Crippen LogP contribution in [-0.4, -0.2) is 39.1 Å². The van der Waals surface area contributed by atoms with Gasteiger partial charge in [0.25, 0.3) is 0 Å². The molecule has 1 heterocycles. The second-order valence-corrected chi connectivity index (χ2v) is 9.56. The molecule has 0 aliphatic rings. The van der Waals surface area contributed by atoms with Gasteiger partial charge in [-0.25, -0.2) is 4.68 Å². The average Bonchev–Trinajstić information content (AvgIpc) is 3.05. The first-order valence-electron chi connectivity index (χ1n) is 10.6. The van der Waals surface area contributed by atoms with Crippen LogP contribution in [0.3, 0.4) is 0 Å². The molecule has 1 aromatic heterocycles. The molecule has 0 radical (unpaired) electrons. The van der Waals surface area contributed by atoms with Crippen LogP contribution >= 0.6 is 0 Å². The van der Waals surface area contributed by atoms with Crippen molar-refractivity contribution in [2.75, 3.05) is 11.9 Å². The summed E-state index contributed by atoms with van der Waals surface area (Å²) < 4.78 is 1.80. The number of aryl methyl sites for hydroxylation is 1. The van der Waals surface area contributed by atoms with Gasteiger partial charge in [0.05, 0.1) is 11.4 Å². The van der Waals surface area contributed by atoms with E-state index >= 15 is 0 Å². The minimum Gasteiger partial charge on any atom is -0.331 e. The Morgan fingerprint density at radius 2 is 1.77 bits per heavy atom. The summed E-state index contributed by atoms with van der Waals surface area (Å²) in [6.45, 7) is 17.9. The van der Waals surface area contributed by atoms with Crippen molar-refractivity contribution < 1.29 is 9.59 Å². The predicted molar refractivity (Wildman–Crippen MR) is 122 cm³/mol. The number of carbonyl (C=O) groups is 2. The van der Waals surface area contributed by atoms with Gasteiger partial charge in [0.2, 0.25) is 11.8 Å². The first kappa shape index (κ1) is 23.6. The number of carbonyl (C=O) groups excluding carboxylic acids is 2. The zero-order valence-corrected chi connectivity index (χ0v) is 19.8. The van der Waals surface area contributed by atoms with Gasteiger partial charge in [0.15, 0.2) is 0 Å². The van der Waals surface area contributed by atoms with E-state index in [9.17, 15) is 9.59 Å². The number of nitrogens with one attached hydrogen (secondary N) is 1. The minimum absolute atomic E-state index is 0.0114. The van der Waals surface area contributed by atoms with Gasteiger partial charge in [-0.1, -0.05) is 46.8 Å². The molecule has 1 N–H and O–H groups in total. The summed E-state index contributed by atoms with van der Waals surface area (Å²) in [7, 11) is 0. The monoisotopic (exact) mass is 412 g/mol. The van der Waals surface area contributed by atoms with Crippen LogP contribution in [0.4, 0.5) is 5.82 Å². The molecule has 2 rings (SSSR count). The van der Waals surface area contributed by atoms with E-state index in [1.807, 2.05) is 45.9 Å². The number of amides is 2. The Hall–Kier alpha value is -2.63. The molecular weight excluding hydrogens is 376 g/mol. The highest BCUT2D eigenvalue weighted by atomic mass is 16.2. The lowest BCUT2D eigenvalue weighted by Crippen LogP contribution is -2.44. The zero-order valence-electron chi connectivity index (χ0n) is 19.8. The summed E-state index contributed by atoms with van der Waals surface area (Å²) >= 11 is 0. The lowest BCUT2D eigenvalue weighted by atomic mass is 9.92. The standard InChI is InChI=1S/C24H36N4O2/c1-15(2)23(30)27(16(3)4)14-22(29)25-21-13-20(24(7,8)9)26-28(21)19-12-10-11-17(5)18(19)6/h10-13,15-16H,14H2,1-9H3,(H,25,29). The third-order valence-corrected chi connectivity index (χ3v) is 5.26. The minimum atomic E-state index is -0.232. The highest BCUT2D eigenvalue weighted by molar-refractivity contribution is 5.94. The normalized spacial score (nSPS) is 11.8. The van der Waals surface area contributed by atoms with Gasteiger partial charge in [-0.3, -0.25) is 9.59 Å². The van der Waals surface area contributed by atoms with Crippen molar-refractivity contribution in [3.8, 4) is 5.69 Å². The summed E-state index contributed by atoms with van der Waals surface area (Å²) in [6, 6.07) is 7.91. The molecule has 0 atom stereocenters. The smallest absolute Gasteiger partial charge is 0.245 e. The molecule has 0 bridgehead atoms. The number of nitrogens with zero attached hydrogens (tertiary/aromatic N) is 3. The van der Waals surface area contributed by atoms with E-state index < -0.39 is 0 Å². The molecule has 0 saturated carbocycles. The molecule has 0 aliphatic carbocycles. The highest BCUT2D eigenvalue weighted by Gasteiger charge is 2.25. The Morgan fingerprint density at radius 1 is 1.13 bits per heavy atom. The maximum atomic E-state index is 12.9. The van der Waals surface area contributed by atoms with E-state index in [1.54, 1.807) is 9.58 Å². The van der Waals surface area contributed by atoms with Crippen LogP contribution in [0.25, 0.3) is 5.69 Å². The molecular formula is C24H36N4O2. The fraction of sp³-hybridized carbons (Fsp3) is 0.542. The van der Waals surface area contributed by atoms with Gasteiger partial charge in [0.1, 0.15) is 12.4 Å². The van der Waals surface area contributed by atoms with Crippen molar-refractivity contribution in [3.63, 3.8) is 0 Å². The quantitative estimate of drug-likeness (QED) is 0.753. The largest absolute Gasteiger partial charge is 0.331 e. The summed E-state index contributed by atoms with van der Waals surface area (Å²) in [4.78, 5) is 27.0. The molecule has 30 heavy (non-hydrogen) atoms. The van der Waals surface area contributed by atoms with E-state index in [0.717, 1.165) is 22.5 Å². The third-order valence-electron chi connectivity index (χ3n) is 5.26. The first-order valence-corrected chi connectivity index (χ1v) is 10.6. The predicted octanol–water partition coefficient (Wildman–Crippen LogP) is 4.62. The summed E-state index contributed by atoms with van der Waals surface area (Å²) in [5, 5.41) is 7.80. The van der Waals surface area contributed by atoms with Gasteiger partial charge in [-0.05, 0) is 44.9 Å². The van der Waals surface area contributed by atoms with Crippen molar-refractivity contribution in [3.05, 3.63) is 41.1 Å². The lowest BCUT2D eigenvalue weighted by molar-refractivity contribution is -0.139. The third kappa shape index (κ3) is 5.29. The molecule has 2 amide bonds. The number of aromatic nitrogens is 2. The summed E-state index contributed by atoms with van der Waals surface area (Å²) in [6.07, 6.45) is 0. The molecule has 2 aromatic rings. The highest BCUT2D eigenvalue weighted by Crippen LogP contribution is 2.28. The van der Waals surface area contributed by atoms with Gasteiger partial charge < -0.3 is 10.2 Å². The van der Waals surface area contributed by atoms with E-state index in [0.29, 0.717) is 5.82 Å². The molecule has 1 aromatic carbocycles. The first-order chi connectivity index (χ1) is 13.8. The van der Waals surface area contributed by atoms with Crippen LogP contribution in [0.5, 0.6) is 0 Å². The molecule has 0 spiro atoms. The van der Waals surface area contributed by atoms with E-state index in [1.165, 1.54) is 0 Å². The van der Waals surface area contributed by atoms with Gasteiger partial charge >= 0.3 is 0 Å². The van der Waals surface area contributed by atoms with Crippen molar-refractivity contribution in [1.82, 2.24) is 14.7 Å². The van der Waals surface area contributed by atoms with Crippen molar-refractivity contribution in [1.29, 1.82) is 0 Å². The van der Waals surface area contributed by atoms with Crippen LogP contribution in [0, 0.1) is 19.8 Å². The van der Waals surface area contributed by atoms with Crippen molar-refractivity contribution in [2.45, 2.75) is 73.8 Å². The average molecular weight is 413 g/mol. The van der Waals surface area contributed by atoms with E-state index in [4.69, 9.17) is 5.10 Å².